The number of amides is 1. The summed E-state index contributed by atoms with van der Waals surface area (Å²) in [6.45, 7) is 2.12. The molecule has 1 heterocycles. The Morgan fingerprint density at radius 2 is 1.83 bits per heavy atom. The predicted octanol–water partition coefficient (Wildman–Crippen LogP) is 3.80. The van der Waals surface area contributed by atoms with Gasteiger partial charge in [-0.2, -0.15) is 0 Å². The molecule has 0 spiro atoms. The number of aryl methyl sites for hydroxylation is 1. The van der Waals surface area contributed by atoms with E-state index >= 15 is 0 Å². The van der Waals surface area contributed by atoms with Crippen LogP contribution in [0.4, 0.5) is 5.69 Å². The molecule has 8 heteroatoms. The van der Waals surface area contributed by atoms with Gasteiger partial charge in [-0.3, -0.25) is 14.1 Å². The number of carbonyl (C=O) groups excluding carboxylic acids is 1. The van der Waals surface area contributed by atoms with Crippen LogP contribution >= 0.6 is 11.6 Å². The normalized spacial score (nSPS) is 11.1. The standard InChI is InChI=1S/C21H20ClN3O3S/c1-15-6-9-18(10-7-15)29(27,28)25(2)17-8-11-20(22)19(13-17)21(26)24-14-16-5-3-4-12-23-16/h3-13H,14H2,1-2H3,(H,24,26). The van der Waals surface area contributed by atoms with E-state index in [0.717, 1.165) is 9.87 Å². The van der Waals surface area contributed by atoms with E-state index in [2.05, 4.69) is 10.3 Å². The lowest BCUT2D eigenvalue weighted by molar-refractivity contribution is 0.0950. The topological polar surface area (TPSA) is 79.4 Å². The molecule has 3 rings (SSSR count). The van der Waals surface area contributed by atoms with Gasteiger partial charge in [-0.05, 0) is 49.4 Å². The van der Waals surface area contributed by atoms with Gasteiger partial charge >= 0.3 is 0 Å². The number of carbonyl (C=O) groups is 1. The van der Waals surface area contributed by atoms with Crippen molar-refractivity contribution in [3.8, 4) is 0 Å². The molecule has 6 nitrogen and oxygen atoms in total. The van der Waals surface area contributed by atoms with Crippen LogP contribution in [0, 0.1) is 6.92 Å². The molecule has 0 aliphatic carbocycles. The zero-order valence-electron chi connectivity index (χ0n) is 16.0. The first-order chi connectivity index (χ1) is 13.8. The molecule has 0 saturated carbocycles. The third-order valence-corrected chi connectivity index (χ3v) is 6.52. The molecule has 3 aromatic rings. The summed E-state index contributed by atoms with van der Waals surface area (Å²) in [6, 6.07) is 16.5. The number of halogens is 1. The molecule has 150 valence electrons. The number of anilines is 1. The van der Waals surface area contributed by atoms with Gasteiger partial charge < -0.3 is 5.32 Å². The minimum Gasteiger partial charge on any atom is -0.346 e. The van der Waals surface area contributed by atoms with Gasteiger partial charge in [-0.25, -0.2) is 8.42 Å². The van der Waals surface area contributed by atoms with Crippen LogP contribution in [-0.2, 0) is 16.6 Å². The number of nitrogens with zero attached hydrogens (tertiary/aromatic N) is 2. The molecule has 1 aromatic heterocycles. The number of sulfonamides is 1. The molecule has 2 aromatic carbocycles. The number of nitrogens with one attached hydrogen (secondary N) is 1. The fraction of sp³-hybridized carbons (Fsp3) is 0.143. The van der Waals surface area contributed by atoms with E-state index in [-0.39, 0.29) is 22.0 Å². The first-order valence-electron chi connectivity index (χ1n) is 8.82. The van der Waals surface area contributed by atoms with Crippen LogP contribution in [0.3, 0.4) is 0 Å². The summed E-state index contributed by atoms with van der Waals surface area (Å²) in [6.07, 6.45) is 1.64. The van der Waals surface area contributed by atoms with Crippen LogP contribution in [0.25, 0.3) is 0 Å². The van der Waals surface area contributed by atoms with Gasteiger partial charge in [0.1, 0.15) is 0 Å². The van der Waals surface area contributed by atoms with E-state index in [4.69, 9.17) is 11.6 Å². The van der Waals surface area contributed by atoms with Crippen LogP contribution in [0.2, 0.25) is 5.02 Å². The Hall–Kier alpha value is -2.90. The summed E-state index contributed by atoms with van der Waals surface area (Å²) in [5, 5.41) is 2.98. The van der Waals surface area contributed by atoms with E-state index in [1.165, 1.54) is 19.2 Å². The van der Waals surface area contributed by atoms with E-state index in [9.17, 15) is 13.2 Å². The van der Waals surface area contributed by atoms with E-state index < -0.39 is 15.9 Å². The zero-order valence-corrected chi connectivity index (χ0v) is 17.5. The first kappa shape index (κ1) is 20.8. The number of hydrogen-bond donors (Lipinski definition) is 1. The van der Waals surface area contributed by atoms with E-state index in [1.807, 2.05) is 13.0 Å². The number of hydrogen-bond acceptors (Lipinski definition) is 4. The van der Waals surface area contributed by atoms with Crippen molar-refractivity contribution in [3.05, 3.63) is 88.7 Å². The first-order valence-corrected chi connectivity index (χ1v) is 10.6. The van der Waals surface area contributed by atoms with Gasteiger partial charge in [0, 0.05) is 13.2 Å². The van der Waals surface area contributed by atoms with Crippen molar-refractivity contribution in [3.63, 3.8) is 0 Å². The summed E-state index contributed by atoms with van der Waals surface area (Å²) in [5.41, 5.74) is 2.18. The van der Waals surface area contributed by atoms with Crippen molar-refractivity contribution in [1.82, 2.24) is 10.3 Å². The third kappa shape index (κ3) is 4.75. The number of aromatic nitrogens is 1. The van der Waals surface area contributed by atoms with Crippen molar-refractivity contribution >= 4 is 33.2 Å². The molecule has 0 aliphatic rings. The van der Waals surface area contributed by atoms with Crippen LogP contribution in [0.5, 0.6) is 0 Å². The summed E-state index contributed by atoms with van der Waals surface area (Å²) in [4.78, 5) is 16.9. The minimum atomic E-state index is -3.77. The molecule has 1 amide bonds. The summed E-state index contributed by atoms with van der Waals surface area (Å²) < 4.78 is 26.9. The Bertz CT molecular complexity index is 1120. The smallest absolute Gasteiger partial charge is 0.264 e. The second kappa shape index (κ2) is 8.63. The van der Waals surface area contributed by atoms with Crippen molar-refractivity contribution < 1.29 is 13.2 Å². The Labute approximate surface area is 175 Å². The molecule has 0 aliphatic heterocycles. The Morgan fingerprint density at radius 1 is 1.10 bits per heavy atom. The van der Waals surface area contributed by atoms with Gasteiger partial charge in [0.05, 0.1) is 33.4 Å². The Kier molecular flexibility index (Phi) is 6.20. The van der Waals surface area contributed by atoms with Crippen LogP contribution in [-0.4, -0.2) is 26.4 Å². The maximum atomic E-state index is 12.9. The lowest BCUT2D eigenvalue weighted by Gasteiger charge is -2.20. The average molecular weight is 430 g/mol. The van der Waals surface area contributed by atoms with Gasteiger partial charge in [0.15, 0.2) is 0 Å². The van der Waals surface area contributed by atoms with Crippen molar-refractivity contribution in [2.75, 3.05) is 11.4 Å². The molecule has 1 N–H and O–H groups in total. The Morgan fingerprint density at radius 3 is 2.48 bits per heavy atom. The maximum Gasteiger partial charge on any atom is 0.264 e. The summed E-state index contributed by atoms with van der Waals surface area (Å²) >= 11 is 6.18. The van der Waals surface area contributed by atoms with Gasteiger partial charge in [-0.1, -0.05) is 35.4 Å². The SMILES string of the molecule is Cc1ccc(S(=O)(=O)N(C)c2ccc(Cl)c(C(=O)NCc3ccccn3)c2)cc1. The van der Waals surface area contributed by atoms with Crippen LogP contribution in [0.1, 0.15) is 21.6 Å². The van der Waals surface area contributed by atoms with Crippen molar-refractivity contribution in [2.45, 2.75) is 18.4 Å². The highest BCUT2D eigenvalue weighted by Gasteiger charge is 2.22. The fourth-order valence-electron chi connectivity index (χ4n) is 2.66. The Balaban J connectivity index is 1.84. The lowest BCUT2D eigenvalue weighted by Crippen LogP contribution is -2.28. The average Bonchev–Trinajstić information content (AvgIpc) is 2.73. The molecule has 0 bridgehead atoms. The molecule has 0 radical (unpaired) electrons. The van der Waals surface area contributed by atoms with E-state index in [0.29, 0.717) is 11.4 Å². The molecule has 0 saturated heterocycles. The fourth-order valence-corrected chi connectivity index (χ4v) is 4.05. The minimum absolute atomic E-state index is 0.168. The van der Waals surface area contributed by atoms with Gasteiger partial charge in [0.2, 0.25) is 0 Å². The quantitative estimate of drug-likeness (QED) is 0.646. The lowest BCUT2D eigenvalue weighted by atomic mass is 10.2. The number of rotatable bonds is 6. The molecular weight excluding hydrogens is 410 g/mol. The highest BCUT2D eigenvalue weighted by molar-refractivity contribution is 7.92. The third-order valence-electron chi connectivity index (χ3n) is 4.39. The molecule has 0 atom stereocenters. The van der Waals surface area contributed by atoms with Gasteiger partial charge in [0.25, 0.3) is 15.9 Å². The maximum absolute atomic E-state index is 12.9. The monoisotopic (exact) mass is 429 g/mol. The van der Waals surface area contributed by atoms with Gasteiger partial charge in [-0.15, -0.1) is 0 Å². The molecule has 29 heavy (non-hydrogen) atoms. The molecule has 0 unspecified atom stereocenters. The van der Waals surface area contributed by atoms with Crippen molar-refractivity contribution in [2.24, 2.45) is 0 Å². The second-order valence-corrected chi connectivity index (χ2v) is 8.83. The summed E-state index contributed by atoms with van der Waals surface area (Å²) in [5.74, 6) is -0.413. The van der Waals surface area contributed by atoms with Crippen LogP contribution < -0.4 is 9.62 Å². The molecule has 0 fully saturated rings. The zero-order chi connectivity index (χ0) is 21.0. The molecular formula is C21H20ClN3O3S. The number of benzene rings is 2. The largest absolute Gasteiger partial charge is 0.346 e. The second-order valence-electron chi connectivity index (χ2n) is 6.45. The van der Waals surface area contributed by atoms with Crippen molar-refractivity contribution in [1.29, 1.82) is 0 Å². The summed E-state index contributed by atoms with van der Waals surface area (Å²) in [7, 11) is -2.33. The highest BCUT2D eigenvalue weighted by Crippen LogP contribution is 2.27. The predicted molar refractivity (Wildman–Crippen MR) is 114 cm³/mol. The number of pyridine rings is 1. The van der Waals surface area contributed by atoms with Crippen LogP contribution in [0.15, 0.2) is 71.8 Å². The van der Waals surface area contributed by atoms with E-state index in [1.54, 1.807) is 48.7 Å². The highest BCUT2D eigenvalue weighted by atomic mass is 35.5.